The van der Waals surface area contributed by atoms with Crippen LogP contribution < -0.4 is 5.32 Å². The molecule has 0 aliphatic carbocycles. The Morgan fingerprint density at radius 3 is 2.50 bits per heavy atom. The summed E-state index contributed by atoms with van der Waals surface area (Å²) in [5.74, 6) is -1.26. The molecular weight excluding hydrogens is 451 g/mol. The van der Waals surface area contributed by atoms with Gasteiger partial charge in [0.25, 0.3) is 5.91 Å². The second-order valence-electron chi connectivity index (χ2n) is 6.70. The van der Waals surface area contributed by atoms with E-state index in [9.17, 15) is 18.0 Å². The van der Waals surface area contributed by atoms with E-state index in [0.717, 1.165) is 9.87 Å². The number of rotatable bonds is 7. The second-order valence-corrected chi connectivity index (χ2v) is 9.44. The predicted molar refractivity (Wildman–Crippen MR) is 113 cm³/mol. The van der Waals surface area contributed by atoms with E-state index < -0.39 is 34.5 Å². The molecule has 1 atom stereocenters. The maximum Gasteiger partial charge on any atom is 0.324 e. The van der Waals surface area contributed by atoms with E-state index in [1.54, 1.807) is 24.3 Å². The van der Waals surface area contributed by atoms with E-state index in [4.69, 9.17) is 27.9 Å². The van der Waals surface area contributed by atoms with Crippen LogP contribution >= 0.6 is 23.2 Å². The molecule has 0 saturated carbocycles. The molecule has 1 aliphatic rings. The van der Waals surface area contributed by atoms with Crippen molar-refractivity contribution in [3.05, 3.63) is 64.1 Å². The number of ether oxygens (including phenoxy) is 1. The lowest BCUT2D eigenvalue weighted by atomic mass is 10.2. The number of carbonyl (C=O) groups excluding carboxylic acids is 2. The van der Waals surface area contributed by atoms with Gasteiger partial charge in [0.05, 0.1) is 4.90 Å². The molecule has 30 heavy (non-hydrogen) atoms. The zero-order valence-electron chi connectivity index (χ0n) is 15.9. The monoisotopic (exact) mass is 470 g/mol. The summed E-state index contributed by atoms with van der Waals surface area (Å²) in [5.41, 5.74) is 0.731. The average molecular weight is 471 g/mol. The first-order valence-corrected chi connectivity index (χ1v) is 11.4. The van der Waals surface area contributed by atoms with Crippen LogP contribution in [0, 0.1) is 0 Å². The van der Waals surface area contributed by atoms with Gasteiger partial charge in [0.15, 0.2) is 6.61 Å². The summed E-state index contributed by atoms with van der Waals surface area (Å²) in [6, 6.07) is 11.8. The minimum Gasteiger partial charge on any atom is -0.454 e. The third-order valence-electron chi connectivity index (χ3n) is 4.68. The first kappa shape index (κ1) is 22.6. The van der Waals surface area contributed by atoms with Crippen molar-refractivity contribution in [1.82, 2.24) is 9.62 Å². The van der Waals surface area contributed by atoms with Gasteiger partial charge in [-0.2, -0.15) is 4.31 Å². The minimum atomic E-state index is -3.88. The molecule has 2 aromatic rings. The summed E-state index contributed by atoms with van der Waals surface area (Å²) in [5, 5.41) is 3.54. The Morgan fingerprint density at radius 2 is 1.80 bits per heavy atom. The van der Waals surface area contributed by atoms with Crippen LogP contribution in [-0.2, 0) is 30.9 Å². The average Bonchev–Trinajstić information content (AvgIpc) is 3.23. The maximum atomic E-state index is 12.9. The highest BCUT2D eigenvalue weighted by Crippen LogP contribution is 2.27. The molecule has 0 aromatic heterocycles. The van der Waals surface area contributed by atoms with Crippen molar-refractivity contribution in [2.75, 3.05) is 13.2 Å². The molecule has 160 valence electrons. The Balaban J connectivity index is 1.57. The summed E-state index contributed by atoms with van der Waals surface area (Å²) in [6.07, 6.45) is 0.845. The molecule has 1 amide bonds. The minimum absolute atomic E-state index is 0.0454. The molecule has 3 rings (SSSR count). The van der Waals surface area contributed by atoms with Gasteiger partial charge in [0, 0.05) is 23.1 Å². The summed E-state index contributed by atoms with van der Waals surface area (Å²) < 4.78 is 31.9. The van der Waals surface area contributed by atoms with Crippen molar-refractivity contribution in [1.29, 1.82) is 0 Å². The van der Waals surface area contributed by atoms with Crippen LogP contribution in [0.3, 0.4) is 0 Å². The molecule has 0 radical (unpaired) electrons. The van der Waals surface area contributed by atoms with Crippen LogP contribution in [0.5, 0.6) is 0 Å². The Labute approximate surface area is 185 Å². The van der Waals surface area contributed by atoms with Crippen LogP contribution in [0.2, 0.25) is 10.0 Å². The third kappa shape index (κ3) is 5.31. The summed E-state index contributed by atoms with van der Waals surface area (Å²) in [6.45, 7) is -0.116. The molecule has 0 spiro atoms. The Morgan fingerprint density at radius 1 is 1.10 bits per heavy atom. The highest BCUT2D eigenvalue weighted by molar-refractivity contribution is 7.89. The number of sulfonamides is 1. The molecule has 1 fully saturated rings. The quantitative estimate of drug-likeness (QED) is 0.627. The fraction of sp³-hybridized carbons (Fsp3) is 0.300. The number of nitrogens with one attached hydrogen (secondary N) is 1. The maximum absolute atomic E-state index is 12.9. The highest BCUT2D eigenvalue weighted by Gasteiger charge is 2.40. The topological polar surface area (TPSA) is 92.8 Å². The summed E-state index contributed by atoms with van der Waals surface area (Å²) in [4.78, 5) is 24.5. The first-order chi connectivity index (χ1) is 14.3. The van der Waals surface area contributed by atoms with Gasteiger partial charge in [-0.1, -0.05) is 41.4 Å². The van der Waals surface area contributed by atoms with E-state index in [1.807, 2.05) is 0 Å². The Hall–Kier alpha value is -2.13. The lowest BCUT2D eigenvalue weighted by Gasteiger charge is -2.22. The van der Waals surface area contributed by atoms with E-state index in [0.29, 0.717) is 22.9 Å². The van der Waals surface area contributed by atoms with E-state index in [2.05, 4.69) is 5.32 Å². The van der Waals surface area contributed by atoms with Gasteiger partial charge >= 0.3 is 5.97 Å². The van der Waals surface area contributed by atoms with Crippen LogP contribution in [0.15, 0.2) is 53.4 Å². The standard InChI is InChI=1S/C20H20Cl2N2O5S/c21-15-7-9-16(10-8-15)30(27,28)24-11-3-6-18(24)20(26)29-13-19(25)23-12-14-4-1-2-5-17(14)22/h1-2,4-5,7-10,18H,3,6,11-13H2,(H,23,25)/t18-/m1/s1. The van der Waals surface area contributed by atoms with Crippen LogP contribution in [0.1, 0.15) is 18.4 Å². The number of hydrogen-bond acceptors (Lipinski definition) is 5. The molecule has 1 N–H and O–H groups in total. The van der Waals surface area contributed by atoms with Gasteiger partial charge in [-0.15, -0.1) is 0 Å². The number of esters is 1. The van der Waals surface area contributed by atoms with Crippen molar-refractivity contribution >= 4 is 45.1 Å². The normalized spacial score (nSPS) is 16.9. The molecule has 7 nitrogen and oxygen atoms in total. The van der Waals surface area contributed by atoms with Crippen LogP contribution in [-0.4, -0.2) is 43.8 Å². The SMILES string of the molecule is O=C(COC(=O)[C@H]1CCCN1S(=O)(=O)c1ccc(Cl)cc1)NCc1ccccc1Cl. The summed E-state index contributed by atoms with van der Waals surface area (Å²) in [7, 11) is -3.88. The van der Waals surface area contributed by atoms with Gasteiger partial charge in [-0.05, 0) is 48.7 Å². The molecule has 0 unspecified atom stereocenters. The zero-order chi connectivity index (χ0) is 21.7. The van der Waals surface area contributed by atoms with Gasteiger partial charge in [-0.25, -0.2) is 8.42 Å². The zero-order valence-corrected chi connectivity index (χ0v) is 18.2. The van der Waals surface area contributed by atoms with Crippen molar-refractivity contribution in [2.45, 2.75) is 30.3 Å². The van der Waals surface area contributed by atoms with Crippen molar-refractivity contribution < 1.29 is 22.7 Å². The largest absolute Gasteiger partial charge is 0.454 e. The van der Waals surface area contributed by atoms with Crippen molar-refractivity contribution in [2.24, 2.45) is 0 Å². The van der Waals surface area contributed by atoms with E-state index in [1.165, 1.54) is 24.3 Å². The van der Waals surface area contributed by atoms with Gasteiger partial charge in [-0.3, -0.25) is 9.59 Å². The van der Waals surface area contributed by atoms with Gasteiger partial charge < -0.3 is 10.1 Å². The van der Waals surface area contributed by atoms with E-state index in [-0.39, 0.29) is 18.0 Å². The smallest absolute Gasteiger partial charge is 0.324 e. The van der Waals surface area contributed by atoms with Gasteiger partial charge in [0.1, 0.15) is 6.04 Å². The van der Waals surface area contributed by atoms with Crippen molar-refractivity contribution in [3.8, 4) is 0 Å². The number of carbonyl (C=O) groups is 2. The molecule has 2 aromatic carbocycles. The molecule has 0 bridgehead atoms. The summed E-state index contributed by atoms with van der Waals surface area (Å²) >= 11 is 11.8. The number of hydrogen-bond donors (Lipinski definition) is 1. The number of halogens is 2. The van der Waals surface area contributed by atoms with E-state index >= 15 is 0 Å². The number of benzene rings is 2. The van der Waals surface area contributed by atoms with Crippen LogP contribution in [0.25, 0.3) is 0 Å². The number of amides is 1. The fourth-order valence-corrected chi connectivity index (χ4v) is 5.10. The fourth-order valence-electron chi connectivity index (χ4n) is 3.12. The molecule has 1 heterocycles. The Kier molecular flexibility index (Phi) is 7.36. The first-order valence-electron chi connectivity index (χ1n) is 9.23. The third-order valence-corrected chi connectivity index (χ3v) is 7.22. The molecule has 1 aliphatic heterocycles. The number of nitrogens with zero attached hydrogens (tertiary/aromatic N) is 1. The highest BCUT2D eigenvalue weighted by atomic mass is 35.5. The lowest BCUT2D eigenvalue weighted by molar-refractivity contribution is -0.151. The Bertz CT molecular complexity index is 1030. The lowest BCUT2D eigenvalue weighted by Crippen LogP contribution is -2.42. The molecular formula is C20H20Cl2N2O5S. The van der Waals surface area contributed by atoms with Crippen LogP contribution in [0.4, 0.5) is 0 Å². The van der Waals surface area contributed by atoms with Gasteiger partial charge in [0.2, 0.25) is 10.0 Å². The van der Waals surface area contributed by atoms with Crippen molar-refractivity contribution in [3.63, 3.8) is 0 Å². The second kappa shape index (κ2) is 9.78. The predicted octanol–water partition coefficient (Wildman–Crippen LogP) is 3.01. The molecule has 1 saturated heterocycles. The molecule has 10 heteroatoms.